The summed E-state index contributed by atoms with van der Waals surface area (Å²) in [5, 5.41) is 7.94. The molecule has 0 spiro atoms. The number of nitrogens with zero attached hydrogens (tertiary/aromatic N) is 2. The van der Waals surface area contributed by atoms with Gasteiger partial charge >= 0.3 is 0 Å². The molecule has 2 rings (SSSR count). The van der Waals surface area contributed by atoms with Crippen LogP contribution >= 0.6 is 11.8 Å². The Morgan fingerprint density at radius 3 is 2.76 bits per heavy atom. The van der Waals surface area contributed by atoms with E-state index in [4.69, 9.17) is 5.73 Å². The van der Waals surface area contributed by atoms with Gasteiger partial charge in [0.25, 0.3) is 0 Å². The van der Waals surface area contributed by atoms with Gasteiger partial charge in [0.2, 0.25) is 5.16 Å². The molecule has 4 nitrogen and oxygen atoms in total. The van der Waals surface area contributed by atoms with E-state index < -0.39 is 0 Å². The van der Waals surface area contributed by atoms with E-state index in [1.54, 1.807) is 11.8 Å². The molecule has 0 saturated carbocycles. The number of benzene rings is 1. The number of hydrogen-bond acceptors (Lipinski definition) is 4. The quantitative estimate of drug-likeness (QED) is 0.485. The summed E-state index contributed by atoms with van der Waals surface area (Å²) in [4.78, 5) is 4.44. The number of nitrogens with two attached hydrogens (primary N) is 1. The topological polar surface area (TPSA) is 67.6 Å². The smallest absolute Gasteiger partial charge is 0.208 e. The van der Waals surface area contributed by atoms with Gasteiger partial charge in [-0.1, -0.05) is 25.1 Å². The zero-order chi connectivity index (χ0) is 12.1. The number of thioether (sulfide) groups is 1. The lowest BCUT2D eigenvalue weighted by atomic mass is 10.2. The van der Waals surface area contributed by atoms with Crippen LogP contribution in [0.25, 0.3) is 11.4 Å². The van der Waals surface area contributed by atoms with Crippen LogP contribution in [0.15, 0.2) is 29.4 Å². The zero-order valence-electron chi connectivity index (χ0n) is 9.81. The average molecular weight is 248 g/mol. The molecule has 1 aromatic heterocycles. The Kier molecular flexibility index (Phi) is 4.03. The van der Waals surface area contributed by atoms with Gasteiger partial charge in [-0.15, -0.1) is 5.10 Å². The summed E-state index contributed by atoms with van der Waals surface area (Å²) in [5.74, 6) is 1.86. The molecule has 2 aromatic rings. The number of hydrogen-bond donors (Lipinski definition) is 2. The molecule has 0 fully saturated rings. The second kappa shape index (κ2) is 5.72. The van der Waals surface area contributed by atoms with E-state index in [9.17, 15) is 0 Å². The van der Waals surface area contributed by atoms with Gasteiger partial charge in [-0.3, -0.25) is 5.10 Å². The normalized spacial score (nSPS) is 10.6. The Hall–Kier alpha value is -1.49. The van der Waals surface area contributed by atoms with Crippen molar-refractivity contribution in [3.05, 3.63) is 24.3 Å². The fraction of sp³-hybridized carbons (Fsp3) is 0.333. The first-order valence-electron chi connectivity index (χ1n) is 5.70. The molecular weight excluding hydrogens is 232 g/mol. The third kappa shape index (κ3) is 3.23. The van der Waals surface area contributed by atoms with E-state index >= 15 is 0 Å². The molecule has 5 heteroatoms. The van der Waals surface area contributed by atoms with E-state index in [1.165, 1.54) is 12.8 Å². The third-order valence-electron chi connectivity index (χ3n) is 2.38. The number of unbranched alkanes of at least 4 members (excludes halogenated alkanes) is 1. The highest BCUT2D eigenvalue weighted by Gasteiger charge is 2.05. The molecule has 17 heavy (non-hydrogen) atoms. The van der Waals surface area contributed by atoms with Crippen LogP contribution in [0.4, 0.5) is 5.69 Å². The summed E-state index contributed by atoms with van der Waals surface area (Å²) in [6.45, 7) is 2.18. The van der Waals surface area contributed by atoms with Crippen LogP contribution in [0.1, 0.15) is 19.8 Å². The van der Waals surface area contributed by atoms with E-state index in [0.29, 0.717) is 0 Å². The average Bonchev–Trinajstić information content (AvgIpc) is 2.79. The van der Waals surface area contributed by atoms with Gasteiger partial charge in [0, 0.05) is 17.0 Å². The van der Waals surface area contributed by atoms with Crippen molar-refractivity contribution in [3.8, 4) is 11.4 Å². The lowest BCUT2D eigenvalue weighted by Crippen LogP contribution is -1.85. The number of rotatable bonds is 5. The molecule has 0 bridgehead atoms. The summed E-state index contributed by atoms with van der Waals surface area (Å²) >= 11 is 1.69. The van der Waals surface area contributed by atoms with E-state index in [0.717, 1.165) is 28.0 Å². The van der Waals surface area contributed by atoms with Gasteiger partial charge in [-0.25, -0.2) is 4.98 Å². The van der Waals surface area contributed by atoms with Crippen LogP contribution in [0, 0.1) is 0 Å². The highest BCUT2D eigenvalue weighted by Crippen LogP contribution is 2.20. The Bertz CT molecular complexity index is 464. The number of aromatic nitrogens is 3. The first-order chi connectivity index (χ1) is 8.29. The first kappa shape index (κ1) is 12.0. The Labute approximate surface area is 105 Å². The molecule has 0 saturated heterocycles. The second-order valence-corrected chi connectivity index (χ2v) is 4.85. The number of nitrogens with one attached hydrogen (secondary N) is 1. The van der Waals surface area contributed by atoms with Crippen molar-refractivity contribution in [3.63, 3.8) is 0 Å². The van der Waals surface area contributed by atoms with Crippen molar-refractivity contribution in [1.82, 2.24) is 15.2 Å². The summed E-state index contributed by atoms with van der Waals surface area (Å²) in [6, 6.07) is 7.61. The molecular formula is C12H16N4S. The van der Waals surface area contributed by atoms with Crippen LogP contribution in [-0.4, -0.2) is 20.9 Å². The lowest BCUT2D eigenvalue weighted by Gasteiger charge is -1.96. The second-order valence-electron chi connectivity index (χ2n) is 3.79. The minimum atomic E-state index is 0.755. The monoisotopic (exact) mass is 248 g/mol. The highest BCUT2D eigenvalue weighted by atomic mass is 32.2. The van der Waals surface area contributed by atoms with Crippen LogP contribution in [-0.2, 0) is 0 Å². The maximum Gasteiger partial charge on any atom is 0.208 e. The zero-order valence-corrected chi connectivity index (χ0v) is 10.6. The van der Waals surface area contributed by atoms with Crippen LogP contribution in [0.3, 0.4) is 0 Å². The van der Waals surface area contributed by atoms with Gasteiger partial charge in [-0.05, 0) is 30.7 Å². The van der Waals surface area contributed by atoms with E-state index in [-0.39, 0.29) is 0 Å². The minimum Gasteiger partial charge on any atom is -0.399 e. The summed E-state index contributed by atoms with van der Waals surface area (Å²) in [5.41, 5.74) is 7.40. The molecule has 3 N–H and O–H groups in total. The summed E-state index contributed by atoms with van der Waals surface area (Å²) < 4.78 is 0. The van der Waals surface area contributed by atoms with Gasteiger partial charge in [0.1, 0.15) is 0 Å². The van der Waals surface area contributed by atoms with Crippen LogP contribution in [0.5, 0.6) is 0 Å². The van der Waals surface area contributed by atoms with Crippen molar-refractivity contribution in [2.45, 2.75) is 24.9 Å². The molecule has 1 aromatic carbocycles. The standard InChI is InChI=1S/C12H16N4S/c1-2-3-8-17-12-14-11(15-16-12)9-4-6-10(13)7-5-9/h4-7H,2-3,8,13H2,1H3,(H,14,15,16). The van der Waals surface area contributed by atoms with Crippen LogP contribution in [0.2, 0.25) is 0 Å². The van der Waals surface area contributed by atoms with Crippen LogP contribution < -0.4 is 5.73 Å². The third-order valence-corrected chi connectivity index (χ3v) is 3.31. The molecule has 0 aliphatic rings. The van der Waals surface area contributed by atoms with Gasteiger partial charge in [0.05, 0.1) is 0 Å². The molecule has 0 aliphatic carbocycles. The molecule has 0 atom stereocenters. The molecule has 90 valence electrons. The van der Waals surface area contributed by atoms with Gasteiger partial charge in [0.15, 0.2) is 5.82 Å². The van der Waals surface area contributed by atoms with E-state index in [1.807, 2.05) is 24.3 Å². The maximum absolute atomic E-state index is 5.64. The summed E-state index contributed by atoms with van der Waals surface area (Å²) in [6.07, 6.45) is 2.39. The van der Waals surface area contributed by atoms with Gasteiger partial charge in [-0.2, -0.15) is 0 Å². The number of H-pyrrole nitrogens is 1. The number of anilines is 1. The van der Waals surface area contributed by atoms with E-state index in [2.05, 4.69) is 22.1 Å². The first-order valence-corrected chi connectivity index (χ1v) is 6.69. The minimum absolute atomic E-state index is 0.755. The van der Waals surface area contributed by atoms with Crippen molar-refractivity contribution in [2.75, 3.05) is 11.5 Å². The predicted molar refractivity (Wildman–Crippen MR) is 71.9 cm³/mol. The SMILES string of the molecule is CCCCSc1n[nH]c(-c2ccc(N)cc2)n1. The lowest BCUT2D eigenvalue weighted by molar-refractivity contribution is 0.889. The van der Waals surface area contributed by atoms with Crippen molar-refractivity contribution in [1.29, 1.82) is 0 Å². The molecule has 0 amide bonds. The fourth-order valence-corrected chi connectivity index (χ4v) is 2.27. The van der Waals surface area contributed by atoms with Crippen molar-refractivity contribution < 1.29 is 0 Å². The largest absolute Gasteiger partial charge is 0.399 e. The molecule has 0 aliphatic heterocycles. The Morgan fingerprint density at radius 1 is 1.29 bits per heavy atom. The molecule has 1 heterocycles. The number of aromatic amines is 1. The van der Waals surface area contributed by atoms with Crippen molar-refractivity contribution >= 4 is 17.4 Å². The maximum atomic E-state index is 5.64. The Morgan fingerprint density at radius 2 is 2.06 bits per heavy atom. The predicted octanol–water partition coefficient (Wildman–Crippen LogP) is 2.95. The fourth-order valence-electron chi connectivity index (χ4n) is 1.39. The number of nitrogen functional groups attached to an aromatic ring is 1. The van der Waals surface area contributed by atoms with Crippen molar-refractivity contribution in [2.24, 2.45) is 0 Å². The Balaban J connectivity index is 2.04. The van der Waals surface area contributed by atoms with Gasteiger partial charge < -0.3 is 5.73 Å². The summed E-state index contributed by atoms with van der Waals surface area (Å²) in [7, 11) is 0. The molecule has 0 unspecified atom stereocenters. The highest BCUT2D eigenvalue weighted by molar-refractivity contribution is 7.99. The molecule has 0 radical (unpaired) electrons.